The standard InChI is InChI=1S/C12H15Cl2NO/c1-2-16-11-6-9(13)8(5-10(11)14)12(15)7-3-4-7/h5-7,12H,2-4,15H2,1H3. The molecule has 1 unspecified atom stereocenters. The minimum absolute atomic E-state index is 0.000626. The van der Waals surface area contributed by atoms with Gasteiger partial charge in [-0.1, -0.05) is 23.2 Å². The van der Waals surface area contributed by atoms with E-state index in [4.69, 9.17) is 33.7 Å². The number of rotatable bonds is 4. The molecule has 0 bridgehead atoms. The van der Waals surface area contributed by atoms with Crippen molar-refractivity contribution in [2.24, 2.45) is 11.7 Å². The summed E-state index contributed by atoms with van der Waals surface area (Å²) in [6.07, 6.45) is 2.37. The van der Waals surface area contributed by atoms with E-state index in [-0.39, 0.29) is 6.04 Å². The third-order valence-corrected chi connectivity index (χ3v) is 3.46. The third kappa shape index (κ3) is 2.45. The molecule has 1 saturated carbocycles. The first kappa shape index (κ1) is 12.0. The first-order valence-corrected chi connectivity index (χ1v) is 6.26. The van der Waals surface area contributed by atoms with Crippen LogP contribution in [0.1, 0.15) is 31.4 Å². The smallest absolute Gasteiger partial charge is 0.139 e. The molecule has 2 rings (SSSR count). The van der Waals surface area contributed by atoms with Gasteiger partial charge in [0.2, 0.25) is 0 Å². The van der Waals surface area contributed by atoms with E-state index in [1.54, 1.807) is 6.07 Å². The van der Waals surface area contributed by atoms with Crippen LogP contribution in [-0.2, 0) is 0 Å². The van der Waals surface area contributed by atoms with Gasteiger partial charge in [-0.3, -0.25) is 0 Å². The maximum Gasteiger partial charge on any atom is 0.139 e. The highest BCUT2D eigenvalue weighted by Crippen LogP contribution is 2.43. The molecular weight excluding hydrogens is 245 g/mol. The zero-order valence-corrected chi connectivity index (χ0v) is 10.7. The van der Waals surface area contributed by atoms with E-state index < -0.39 is 0 Å². The topological polar surface area (TPSA) is 35.2 Å². The summed E-state index contributed by atoms with van der Waals surface area (Å²) in [6.45, 7) is 2.48. The number of halogens is 2. The van der Waals surface area contributed by atoms with E-state index in [9.17, 15) is 0 Å². The second-order valence-corrected chi connectivity index (χ2v) is 4.91. The number of benzene rings is 1. The van der Waals surface area contributed by atoms with Gasteiger partial charge < -0.3 is 10.5 Å². The summed E-state index contributed by atoms with van der Waals surface area (Å²) in [6, 6.07) is 3.59. The van der Waals surface area contributed by atoms with Crippen molar-refractivity contribution in [3.05, 3.63) is 27.7 Å². The van der Waals surface area contributed by atoms with Gasteiger partial charge in [0.15, 0.2) is 0 Å². The largest absolute Gasteiger partial charge is 0.492 e. The summed E-state index contributed by atoms with van der Waals surface area (Å²) in [5.41, 5.74) is 7.04. The molecule has 16 heavy (non-hydrogen) atoms. The molecule has 2 nitrogen and oxygen atoms in total. The summed E-state index contributed by atoms with van der Waals surface area (Å²) < 4.78 is 5.37. The highest BCUT2D eigenvalue weighted by atomic mass is 35.5. The quantitative estimate of drug-likeness (QED) is 0.893. The highest BCUT2D eigenvalue weighted by Gasteiger charge is 2.31. The fraction of sp³-hybridized carbons (Fsp3) is 0.500. The Morgan fingerprint density at radius 2 is 2.06 bits per heavy atom. The van der Waals surface area contributed by atoms with Gasteiger partial charge in [-0.05, 0) is 37.3 Å². The lowest BCUT2D eigenvalue weighted by atomic mass is 10.0. The molecule has 0 radical (unpaired) electrons. The fourth-order valence-electron chi connectivity index (χ4n) is 1.77. The van der Waals surface area contributed by atoms with Crippen molar-refractivity contribution in [2.45, 2.75) is 25.8 Å². The first-order chi connectivity index (χ1) is 7.63. The molecular formula is C12H15Cl2NO. The van der Waals surface area contributed by atoms with Crippen molar-refractivity contribution < 1.29 is 4.74 Å². The van der Waals surface area contributed by atoms with Crippen LogP contribution >= 0.6 is 23.2 Å². The number of hydrogen-bond acceptors (Lipinski definition) is 2. The molecule has 0 spiro atoms. The summed E-state index contributed by atoms with van der Waals surface area (Å²) in [5, 5.41) is 1.23. The van der Waals surface area contributed by atoms with E-state index in [1.165, 1.54) is 12.8 Å². The monoisotopic (exact) mass is 259 g/mol. The Labute approximate surface area is 106 Å². The third-order valence-electron chi connectivity index (χ3n) is 2.84. The maximum atomic E-state index is 6.19. The zero-order valence-electron chi connectivity index (χ0n) is 9.17. The molecule has 0 amide bonds. The van der Waals surface area contributed by atoms with Crippen molar-refractivity contribution in [3.63, 3.8) is 0 Å². The van der Waals surface area contributed by atoms with Gasteiger partial charge >= 0.3 is 0 Å². The van der Waals surface area contributed by atoms with Crippen LogP contribution in [0.3, 0.4) is 0 Å². The van der Waals surface area contributed by atoms with Gasteiger partial charge in [-0.25, -0.2) is 0 Å². The first-order valence-electron chi connectivity index (χ1n) is 5.50. The predicted molar refractivity (Wildman–Crippen MR) is 67.3 cm³/mol. The molecule has 1 aromatic carbocycles. The van der Waals surface area contributed by atoms with Gasteiger partial charge in [0.25, 0.3) is 0 Å². The van der Waals surface area contributed by atoms with Gasteiger partial charge in [0.1, 0.15) is 5.75 Å². The SMILES string of the molecule is CCOc1cc(Cl)c(C(N)C2CC2)cc1Cl. The highest BCUT2D eigenvalue weighted by molar-refractivity contribution is 6.34. The van der Waals surface area contributed by atoms with Crippen molar-refractivity contribution in [1.82, 2.24) is 0 Å². The van der Waals surface area contributed by atoms with E-state index in [2.05, 4.69) is 0 Å². The Morgan fingerprint density at radius 3 is 2.62 bits per heavy atom. The zero-order chi connectivity index (χ0) is 11.7. The molecule has 1 aromatic rings. The van der Waals surface area contributed by atoms with Crippen LogP contribution in [0.2, 0.25) is 10.0 Å². The normalized spacial score (nSPS) is 17.2. The van der Waals surface area contributed by atoms with Crippen molar-refractivity contribution >= 4 is 23.2 Å². The van der Waals surface area contributed by atoms with Crippen LogP contribution in [0.4, 0.5) is 0 Å². The van der Waals surface area contributed by atoms with Crippen molar-refractivity contribution in [1.29, 1.82) is 0 Å². The van der Waals surface area contributed by atoms with Crippen LogP contribution in [0.15, 0.2) is 12.1 Å². The molecule has 1 fully saturated rings. The summed E-state index contributed by atoms with van der Waals surface area (Å²) in [4.78, 5) is 0. The summed E-state index contributed by atoms with van der Waals surface area (Å²) >= 11 is 12.3. The van der Waals surface area contributed by atoms with Gasteiger partial charge in [0, 0.05) is 17.1 Å². The Bertz CT molecular complexity index is 391. The number of nitrogens with two attached hydrogens (primary N) is 1. The van der Waals surface area contributed by atoms with E-state index in [0.29, 0.717) is 28.3 Å². The molecule has 1 aliphatic rings. The average molecular weight is 260 g/mol. The van der Waals surface area contributed by atoms with Gasteiger partial charge in [-0.15, -0.1) is 0 Å². The molecule has 1 aliphatic carbocycles. The van der Waals surface area contributed by atoms with Crippen molar-refractivity contribution in [3.8, 4) is 5.75 Å². The summed E-state index contributed by atoms with van der Waals surface area (Å²) in [5.74, 6) is 1.19. The molecule has 2 N–H and O–H groups in total. The molecule has 88 valence electrons. The predicted octanol–water partition coefficient (Wildman–Crippen LogP) is 3.80. The van der Waals surface area contributed by atoms with E-state index in [1.807, 2.05) is 13.0 Å². The van der Waals surface area contributed by atoms with Crippen LogP contribution in [0, 0.1) is 5.92 Å². The fourth-order valence-corrected chi connectivity index (χ4v) is 2.28. The Balaban J connectivity index is 2.29. The lowest BCUT2D eigenvalue weighted by Crippen LogP contribution is -2.13. The van der Waals surface area contributed by atoms with Crippen LogP contribution in [0.5, 0.6) is 5.75 Å². The lowest BCUT2D eigenvalue weighted by Gasteiger charge is -2.15. The van der Waals surface area contributed by atoms with E-state index in [0.717, 1.165) is 5.56 Å². The Hall–Kier alpha value is -0.440. The second kappa shape index (κ2) is 4.82. The minimum atomic E-state index is 0.000626. The molecule has 0 saturated heterocycles. The van der Waals surface area contributed by atoms with Crippen LogP contribution in [-0.4, -0.2) is 6.61 Å². The van der Waals surface area contributed by atoms with Gasteiger partial charge in [0.05, 0.1) is 11.6 Å². The van der Waals surface area contributed by atoms with Crippen LogP contribution in [0.25, 0.3) is 0 Å². The maximum absolute atomic E-state index is 6.19. The van der Waals surface area contributed by atoms with E-state index >= 15 is 0 Å². The summed E-state index contributed by atoms with van der Waals surface area (Å²) in [7, 11) is 0. The molecule has 0 heterocycles. The van der Waals surface area contributed by atoms with Crippen molar-refractivity contribution in [2.75, 3.05) is 6.61 Å². The molecule has 4 heteroatoms. The minimum Gasteiger partial charge on any atom is -0.492 e. The molecule has 1 atom stereocenters. The number of ether oxygens (including phenoxy) is 1. The molecule has 0 aromatic heterocycles. The van der Waals surface area contributed by atoms with Gasteiger partial charge in [-0.2, -0.15) is 0 Å². The Morgan fingerprint density at radius 1 is 1.38 bits per heavy atom. The molecule has 0 aliphatic heterocycles. The second-order valence-electron chi connectivity index (χ2n) is 4.10. The van der Waals surface area contributed by atoms with Crippen LogP contribution < -0.4 is 10.5 Å². The Kier molecular flexibility index (Phi) is 3.63. The lowest BCUT2D eigenvalue weighted by molar-refractivity contribution is 0.340. The average Bonchev–Trinajstić information content (AvgIpc) is 3.06. The number of hydrogen-bond donors (Lipinski definition) is 1.